The molecule has 1 aromatic heterocycles. The zero-order valence-electron chi connectivity index (χ0n) is 13.0. The average Bonchev–Trinajstić information content (AvgIpc) is 2.55. The summed E-state index contributed by atoms with van der Waals surface area (Å²) in [5.41, 5.74) is 7.80. The fourth-order valence-corrected chi connectivity index (χ4v) is 3.31. The zero-order chi connectivity index (χ0) is 16.4. The molecule has 5 heteroatoms. The Kier molecular flexibility index (Phi) is 4.10. The highest BCUT2D eigenvalue weighted by molar-refractivity contribution is 6.07. The first-order chi connectivity index (χ1) is 11.1. The molecule has 1 aliphatic heterocycles. The van der Waals surface area contributed by atoms with Crippen LogP contribution in [0.1, 0.15) is 41.6 Å². The van der Waals surface area contributed by atoms with Crippen LogP contribution in [-0.4, -0.2) is 22.8 Å². The van der Waals surface area contributed by atoms with Crippen molar-refractivity contribution in [1.82, 2.24) is 4.98 Å². The lowest BCUT2D eigenvalue weighted by Gasteiger charge is -2.39. The Morgan fingerprint density at radius 2 is 2.04 bits per heavy atom. The van der Waals surface area contributed by atoms with Gasteiger partial charge in [-0.2, -0.15) is 0 Å². The van der Waals surface area contributed by atoms with E-state index in [4.69, 9.17) is 5.73 Å². The van der Waals surface area contributed by atoms with Crippen LogP contribution in [0.5, 0.6) is 0 Å². The Bertz CT molecular complexity index is 730. The van der Waals surface area contributed by atoms with Gasteiger partial charge in [0.25, 0.3) is 5.91 Å². The standard InChI is InChI=1S/C18H19N3O2/c1-12-9-14(10-17(19)22)15-6-2-3-7-16(15)21(12)18(23)13-5-4-8-20-11-13/h2-8,11-12,14H,9-10H2,1H3,(H2,19,22). The van der Waals surface area contributed by atoms with Crippen molar-refractivity contribution in [3.05, 3.63) is 59.9 Å². The predicted octanol–water partition coefficient (Wildman–Crippen LogP) is 2.48. The number of hydrogen-bond acceptors (Lipinski definition) is 3. The first kappa shape index (κ1) is 15.2. The van der Waals surface area contributed by atoms with Gasteiger partial charge < -0.3 is 10.6 Å². The van der Waals surface area contributed by atoms with Gasteiger partial charge in [0.15, 0.2) is 0 Å². The molecule has 0 bridgehead atoms. The number of fused-ring (bicyclic) bond motifs is 1. The minimum atomic E-state index is -0.316. The fourth-order valence-electron chi connectivity index (χ4n) is 3.31. The lowest BCUT2D eigenvalue weighted by molar-refractivity contribution is -0.118. The van der Waals surface area contributed by atoms with E-state index in [0.717, 1.165) is 11.3 Å². The molecule has 0 fully saturated rings. The van der Waals surface area contributed by atoms with E-state index >= 15 is 0 Å². The third kappa shape index (κ3) is 2.95. The molecule has 0 saturated carbocycles. The molecule has 2 amide bonds. The number of carbonyl (C=O) groups excluding carboxylic acids is 2. The van der Waals surface area contributed by atoms with E-state index in [2.05, 4.69) is 4.98 Å². The SMILES string of the molecule is CC1CC(CC(N)=O)c2ccccc2N1C(=O)c1cccnc1. The second kappa shape index (κ2) is 6.20. The Hall–Kier alpha value is -2.69. The van der Waals surface area contributed by atoms with Crippen molar-refractivity contribution in [2.45, 2.75) is 31.7 Å². The van der Waals surface area contributed by atoms with E-state index in [0.29, 0.717) is 18.4 Å². The maximum atomic E-state index is 12.9. The van der Waals surface area contributed by atoms with E-state index in [9.17, 15) is 9.59 Å². The van der Waals surface area contributed by atoms with Gasteiger partial charge in [0.1, 0.15) is 0 Å². The lowest BCUT2D eigenvalue weighted by Crippen LogP contribution is -2.43. The van der Waals surface area contributed by atoms with Crippen molar-refractivity contribution in [2.75, 3.05) is 4.90 Å². The summed E-state index contributed by atoms with van der Waals surface area (Å²) < 4.78 is 0. The number of rotatable bonds is 3. The normalized spacial score (nSPS) is 20.0. The summed E-state index contributed by atoms with van der Waals surface area (Å²) in [7, 11) is 0. The quantitative estimate of drug-likeness (QED) is 0.946. The summed E-state index contributed by atoms with van der Waals surface area (Å²) in [4.78, 5) is 30.1. The summed E-state index contributed by atoms with van der Waals surface area (Å²) in [5.74, 6) is -0.337. The number of nitrogens with two attached hydrogens (primary N) is 1. The van der Waals surface area contributed by atoms with Gasteiger partial charge in [-0.1, -0.05) is 18.2 Å². The number of hydrogen-bond donors (Lipinski definition) is 1. The fraction of sp³-hybridized carbons (Fsp3) is 0.278. The Labute approximate surface area is 135 Å². The highest BCUT2D eigenvalue weighted by Gasteiger charge is 2.34. The van der Waals surface area contributed by atoms with E-state index in [1.165, 1.54) is 0 Å². The van der Waals surface area contributed by atoms with Gasteiger partial charge in [0, 0.05) is 30.5 Å². The van der Waals surface area contributed by atoms with Gasteiger partial charge in [0.2, 0.25) is 5.91 Å². The molecule has 2 unspecified atom stereocenters. The molecule has 118 valence electrons. The van der Waals surface area contributed by atoms with Crippen LogP contribution in [0, 0.1) is 0 Å². The summed E-state index contributed by atoms with van der Waals surface area (Å²) in [6.45, 7) is 2.00. The van der Waals surface area contributed by atoms with Gasteiger partial charge in [-0.25, -0.2) is 0 Å². The molecule has 23 heavy (non-hydrogen) atoms. The van der Waals surface area contributed by atoms with Crippen LogP contribution >= 0.6 is 0 Å². The van der Waals surface area contributed by atoms with Crippen molar-refractivity contribution in [2.24, 2.45) is 5.73 Å². The molecular formula is C18H19N3O2. The number of carbonyl (C=O) groups is 2. The first-order valence-corrected chi connectivity index (χ1v) is 7.68. The van der Waals surface area contributed by atoms with Crippen molar-refractivity contribution >= 4 is 17.5 Å². The highest BCUT2D eigenvalue weighted by atomic mass is 16.2. The van der Waals surface area contributed by atoms with Gasteiger partial charge in [-0.3, -0.25) is 14.6 Å². The van der Waals surface area contributed by atoms with Crippen molar-refractivity contribution in [1.29, 1.82) is 0 Å². The molecule has 0 spiro atoms. The molecule has 0 aliphatic carbocycles. The topological polar surface area (TPSA) is 76.3 Å². The number of amides is 2. The Morgan fingerprint density at radius 1 is 1.26 bits per heavy atom. The third-order valence-corrected chi connectivity index (χ3v) is 4.28. The summed E-state index contributed by atoms with van der Waals surface area (Å²) >= 11 is 0. The molecule has 0 radical (unpaired) electrons. The van der Waals surface area contributed by atoms with Crippen LogP contribution in [0.25, 0.3) is 0 Å². The first-order valence-electron chi connectivity index (χ1n) is 7.68. The minimum absolute atomic E-state index is 0.0121. The number of anilines is 1. The molecule has 2 aromatic rings. The number of benzene rings is 1. The summed E-state index contributed by atoms with van der Waals surface area (Å²) in [5, 5.41) is 0. The van der Waals surface area contributed by atoms with Crippen molar-refractivity contribution in [3.63, 3.8) is 0 Å². The minimum Gasteiger partial charge on any atom is -0.370 e. The number of nitrogens with zero attached hydrogens (tertiary/aromatic N) is 2. The van der Waals surface area contributed by atoms with Gasteiger partial charge in [0.05, 0.1) is 5.56 Å². The van der Waals surface area contributed by atoms with Crippen LogP contribution in [0.4, 0.5) is 5.69 Å². The Balaban J connectivity index is 2.01. The smallest absolute Gasteiger partial charge is 0.260 e. The van der Waals surface area contributed by atoms with E-state index in [1.807, 2.05) is 31.2 Å². The lowest BCUT2D eigenvalue weighted by atomic mass is 9.83. The van der Waals surface area contributed by atoms with Crippen molar-refractivity contribution in [3.8, 4) is 0 Å². The summed E-state index contributed by atoms with van der Waals surface area (Å²) in [6.07, 6.45) is 4.24. The molecular weight excluding hydrogens is 290 g/mol. The van der Waals surface area contributed by atoms with E-state index in [1.54, 1.807) is 29.4 Å². The molecule has 2 atom stereocenters. The van der Waals surface area contributed by atoms with Crippen molar-refractivity contribution < 1.29 is 9.59 Å². The number of para-hydroxylation sites is 1. The molecule has 2 N–H and O–H groups in total. The molecule has 2 heterocycles. The average molecular weight is 309 g/mol. The van der Waals surface area contributed by atoms with Crippen LogP contribution in [-0.2, 0) is 4.79 Å². The highest BCUT2D eigenvalue weighted by Crippen LogP contribution is 2.40. The predicted molar refractivity (Wildman–Crippen MR) is 88.1 cm³/mol. The maximum absolute atomic E-state index is 12.9. The van der Waals surface area contributed by atoms with E-state index in [-0.39, 0.29) is 23.8 Å². The molecule has 1 aromatic carbocycles. The summed E-state index contributed by atoms with van der Waals surface area (Å²) in [6, 6.07) is 11.2. The largest absolute Gasteiger partial charge is 0.370 e. The molecule has 1 aliphatic rings. The van der Waals surface area contributed by atoms with Gasteiger partial charge >= 0.3 is 0 Å². The zero-order valence-corrected chi connectivity index (χ0v) is 13.0. The number of primary amides is 1. The molecule has 0 saturated heterocycles. The second-order valence-electron chi connectivity index (χ2n) is 5.93. The van der Waals surface area contributed by atoms with Crippen LogP contribution in [0.3, 0.4) is 0 Å². The Morgan fingerprint density at radius 3 is 2.74 bits per heavy atom. The van der Waals surface area contributed by atoms with Gasteiger partial charge in [-0.15, -0.1) is 0 Å². The maximum Gasteiger partial charge on any atom is 0.260 e. The van der Waals surface area contributed by atoms with Crippen LogP contribution in [0.15, 0.2) is 48.8 Å². The number of pyridine rings is 1. The monoisotopic (exact) mass is 309 g/mol. The van der Waals surface area contributed by atoms with E-state index < -0.39 is 0 Å². The molecule has 5 nitrogen and oxygen atoms in total. The molecule has 3 rings (SSSR count). The second-order valence-corrected chi connectivity index (χ2v) is 5.93. The van der Waals surface area contributed by atoms with Crippen LogP contribution < -0.4 is 10.6 Å². The van der Waals surface area contributed by atoms with Crippen LogP contribution in [0.2, 0.25) is 0 Å². The van der Waals surface area contributed by atoms with Gasteiger partial charge in [-0.05, 0) is 43.0 Å². The third-order valence-electron chi connectivity index (χ3n) is 4.28. The number of aromatic nitrogens is 1.